The predicted molar refractivity (Wildman–Crippen MR) is 120 cm³/mol. The average molecular weight is 430 g/mol. The van der Waals surface area contributed by atoms with Crippen molar-refractivity contribution in [2.24, 2.45) is 0 Å². The monoisotopic (exact) mass is 429 g/mol. The van der Waals surface area contributed by atoms with Crippen molar-refractivity contribution in [3.8, 4) is 0 Å². The van der Waals surface area contributed by atoms with Crippen LogP contribution in [0.15, 0.2) is 59.5 Å². The molecule has 0 aliphatic carbocycles. The third-order valence-corrected chi connectivity index (χ3v) is 7.65. The first-order chi connectivity index (χ1) is 14.3. The van der Waals surface area contributed by atoms with E-state index in [1.165, 1.54) is 4.31 Å². The Hall–Kier alpha value is -2.38. The minimum Gasteiger partial charge on any atom is -0.343 e. The van der Waals surface area contributed by atoms with Crippen LogP contribution in [0.1, 0.15) is 24.8 Å². The van der Waals surface area contributed by atoms with Gasteiger partial charge in [0.2, 0.25) is 5.91 Å². The fourth-order valence-electron chi connectivity index (χ4n) is 3.78. The van der Waals surface area contributed by atoms with Crippen molar-refractivity contribution >= 4 is 21.6 Å². The zero-order chi connectivity index (χ0) is 21.7. The molecule has 0 N–H and O–H groups in total. The van der Waals surface area contributed by atoms with Crippen LogP contribution in [-0.2, 0) is 14.8 Å². The van der Waals surface area contributed by atoms with Gasteiger partial charge in [0.05, 0.1) is 10.6 Å². The number of piperidine rings is 1. The smallest absolute Gasteiger partial charge is 0.264 e. The summed E-state index contributed by atoms with van der Waals surface area (Å²) in [6.07, 6.45) is 2.04. The molecule has 0 aromatic heterocycles. The number of carbonyl (C=O) groups is 1. The molecule has 2 aromatic rings. The Morgan fingerprint density at radius 1 is 1.03 bits per heavy atom. The van der Waals surface area contributed by atoms with Gasteiger partial charge in [0, 0.05) is 26.1 Å². The van der Waals surface area contributed by atoms with Crippen molar-refractivity contribution in [2.75, 3.05) is 38.0 Å². The van der Waals surface area contributed by atoms with Crippen LogP contribution in [0.3, 0.4) is 0 Å². The van der Waals surface area contributed by atoms with E-state index in [1.54, 1.807) is 53.4 Å². The molecule has 0 atom stereocenters. The number of amides is 1. The quantitative estimate of drug-likeness (QED) is 0.678. The molecule has 0 saturated carbocycles. The van der Waals surface area contributed by atoms with Crippen LogP contribution in [0.25, 0.3) is 0 Å². The maximum Gasteiger partial charge on any atom is 0.264 e. The number of hydrogen-bond acceptors (Lipinski definition) is 4. The van der Waals surface area contributed by atoms with E-state index < -0.39 is 10.0 Å². The van der Waals surface area contributed by atoms with Gasteiger partial charge in [-0.15, -0.1) is 0 Å². The molecule has 6 nitrogen and oxygen atoms in total. The Labute approximate surface area is 180 Å². The molecule has 1 fully saturated rings. The van der Waals surface area contributed by atoms with Crippen LogP contribution in [0.2, 0.25) is 0 Å². The SMILES string of the molecule is Cc1ccc(S(=O)(=O)N(CCC(=O)N(C)C2CCN(C)CC2)c2ccccc2)cc1. The van der Waals surface area contributed by atoms with Crippen molar-refractivity contribution in [1.29, 1.82) is 0 Å². The molecule has 1 aliphatic heterocycles. The maximum atomic E-state index is 13.4. The van der Waals surface area contributed by atoms with Crippen LogP contribution in [0.4, 0.5) is 5.69 Å². The average Bonchev–Trinajstić information content (AvgIpc) is 2.74. The van der Waals surface area contributed by atoms with E-state index in [1.807, 2.05) is 20.0 Å². The number of hydrogen-bond donors (Lipinski definition) is 0. The minimum absolute atomic E-state index is 0.0235. The van der Waals surface area contributed by atoms with E-state index in [2.05, 4.69) is 11.9 Å². The second-order valence-corrected chi connectivity index (χ2v) is 9.88. The molecule has 30 heavy (non-hydrogen) atoms. The number of para-hydroxylation sites is 1. The van der Waals surface area contributed by atoms with Gasteiger partial charge in [0.15, 0.2) is 0 Å². The third kappa shape index (κ3) is 5.21. The van der Waals surface area contributed by atoms with E-state index in [4.69, 9.17) is 0 Å². The summed E-state index contributed by atoms with van der Waals surface area (Å²) in [5, 5.41) is 0. The van der Waals surface area contributed by atoms with Gasteiger partial charge >= 0.3 is 0 Å². The van der Waals surface area contributed by atoms with Crippen molar-refractivity contribution < 1.29 is 13.2 Å². The minimum atomic E-state index is -3.77. The highest BCUT2D eigenvalue weighted by molar-refractivity contribution is 7.92. The van der Waals surface area contributed by atoms with Gasteiger partial charge in [-0.1, -0.05) is 35.9 Å². The molecule has 1 amide bonds. The summed E-state index contributed by atoms with van der Waals surface area (Å²) < 4.78 is 28.1. The number of nitrogens with zero attached hydrogens (tertiary/aromatic N) is 3. The summed E-state index contributed by atoms with van der Waals surface area (Å²) in [7, 11) is 0.154. The van der Waals surface area contributed by atoms with Crippen molar-refractivity contribution in [3.63, 3.8) is 0 Å². The van der Waals surface area contributed by atoms with Gasteiger partial charge in [0.25, 0.3) is 10.0 Å². The van der Waals surface area contributed by atoms with Gasteiger partial charge in [0.1, 0.15) is 0 Å². The highest BCUT2D eigenvalue weighted by Crippen LogP contribution is 2.24. The van der Waals surface area contributed by atoms with Gasteiger partial charge in [-0.3, -0.25) is 9.10 Å². The summed E-state index contributed by atoms with van der Waals surface area (Å²) in [5.41, 5.74) is 1.56. The molecule has 0 radical (unpaired) electrons. The highest BCUT2D eigenvalue weighted by atomic mass is 32.2. The fourth-order valence-corrected chi connectivity index (χ4v) is 5.24. The number of carbonyl (C=O) groups excluding carboxylic acids is 1. The lowest BCUT2D eigenvalue weighted by molar-refractivity contribution is -0.132. The predicted octanol–water partition coefficient (Wildman–Crippen LogP) is 3.13. The molecular formula is C23H31N3O3S. The molecule has 0 bridgehead atoms. The van der Waals surface area contributed by atoms with Crippen LogP contribution in [0, 0.1) is 6.92 Å². The number of rotatable bonds is 7. The fraction of sp³-hybridized carbons (Fsp3) is 0.435. The molecular weight excluding hydrogens is 398 g/mol. The molecule has 0 spiro atoms. The maximum absolute atomic E-state index is 13.4. The van der Waals surface area contributed by atoms with Crippen LogP contribution < -0.4 is 4.31 Å². The largest absolute Gasteiger partial charge is 0.343 e. The van der Waals surface area contributed by atoms with E-state index in [9.17, 15) is 13.2 Å². The molecule has 7 heteroatoms. The molecule has 1 saturated heterocycles. The number of likely N-dealkylation sites (tertiary alicyclic amines) is 1. The number of anilines is 1. The van der Waals surface area contributed by atoms with E-state index in [-0.39, 0.29) is 29.8 Å². The van der Waals surface area contributed by atoms with Crippen molar-refractivity contribution in [1.82, 2.24) is 9.80 Å². The van der Waals surface area contributed by atoms with Crippen LogP contribution in [-0.4, -0.2) is 63.9 Å². The Morgan fingerprint density at radius 2 is 1.63 bits per heavy atom. The van der Waals surface area contributed by atoms with Crippen LogP contribution >= 0.6 is 0 Å². The van der Waals surface area contributed by atoms with Gasteiger partial charge < -0.3 is 9.80 Å². The summed E-state index contributed by atoms with van der Waals surface area (Å²) in [6, 6.07) is 16.0. The summed E-state index contributed by atoms with van der Waals surface area (Å²) >= 11 is 0. The number of benzene rings is 2. The molecule has 1 aliphatic rings. The zero-order valence-corrected chi connectivity index (χ0v) is 18.8. The molecule has 1 heterocycles. The first-order valence-corrected chi connectivity index (χ1v) is 11.8. The Kier molecular flexibility index (Phi) is 7.15. The molecule has 162 valence electrons. The molecule has 0 unspecified atom stereocenters. The van der Waals surface area contributed by atoms with Crippen molar-refractivity contribution in [3.05, 3.63) is 60.2 Å². The van der Waals surface area contributed by atoms with Gasteiger partial charge in [-0.25, -0.2) is 8.42 Å². The highest BCUT2D eigenvalue weighted by Gasteiger charge is 2.28. The standard InChI is InChI=1S/C23H31N3O3S/c1-19-9-11-22(12-10-19)30(28,29)26(21-7-5-4-6-8-21)18-15-23(27)25(3)20-13-16-24(2)17-14-20/h4-12,20H,13-18H2,1-3H3. The first kappa shape index (κ1) is 22.3. The Balaban J connectivity index is 1.77. The van der Waals surface area contributed by atoms with E-state index in [0.717, 1.165) is 31.5 Å². The van der Waals surface area contributed by atoms with E-state index >= 15 is 0 Å². The lowest BCUT2D eigenvalue weighted by Gasteiger charge is -2.35. The second-order valence-electron chi connectivity index (χ2n) is 8.01. The summed E-state index contributed by atoms with van der Waals surface area (Å²) in [5.74, 6) is -0.0235. The van der Waals surface area contributed by atoms with E-state index in [0.29, 0.717) is 5.69 Å². The topological polar surface area (TPSA) is 60.9 Å². The second kappa shape index (κ2) is 9.62. The molecule has 3 rings (SSSR count). The Bertz CT molecular complexity index is 937. The summed E-state index contributed by atoms with van der Waals surface area (Å²) in [6.45, 7) is 3.97. The summed E-state index contributed by atoms with van der Waals surface area (Å²) in [4.78, 5) is 17.2. The van der Waals surface area contributed by atoms with Gasteiger partial charge in [-0.05, 0) is 64.2 Å². The molecule has 2 aromatic carbocycles. The Morgan fingerprint density at radius 3 is 2.23 bits per heavy atom. The normalized spacial score (nSPS) is 15.7. The number of aryl methyl sites for hydroxylation is 1. The van der Waals surface area contributed by atoms with Crippen LogP contribution in [0.5, 0.6) is 0 Å². The lowest BCUT2D eigenvalue weighted by atomic mass is 10.0. The third-order valence-electron chi connectivity index (χ3n) is 5.81. The van der Waals surface area contributed by atoms with Crippen molar-refractivity contribution in [2.45, 2.75) is 37.1 Å². The zero-order valence-electron chi connectivity index (χ0n) is 18.0. The first-order valence-electron chi connectivity index (χ1n) is 10.4. The van der Waals surface area contributed by atoms with Gasteiger partial charge in [-0.2, -0.15) is 0 Å². The number of sulfonamides is 1. The lowest BCUT2D eigenvalue weighted by Crippen LogP contribution is -2.45.